The van der Waals surface area contributed by atoms with Crippen LogP contribution in [-0.2, 0) is 4.79 Å². The summed E-state index contributed by atoms with van der Waals surface area (Å²) in [6, 6.07) is 27.0. The van der Waals surface area contributed by atoms with Gasteiger partial charge in [0.05, 0.1) is 23.9 Å². The molecule has 34 heavy (non-hydrogen) atoms. The molecule has 6 nitrogen and oxygen atoms in total. The summed E-state index contributed by atoms with van der Waals surface area (Å²) < 4.78 is 5.71. The highest BCUT2D eigenvalue weighted by molar-refractivity contribution is 5.96. The number of nitrogens with zero attached hydrogens (tertiary/aromatic N) is 3. The van der Waals surface area contributed by atoms with Crippen molar-refractivity contribution in [2.45, 2.75) is 19.4 Å². The maximum Gasteiger partial charge on any atom is 0.246 e. The second kappa shape index (κ2) is 11.4. The summed E-state index contributed by atoms with van der Waals surface area (Å²) in [6.45, 7) is 5.73. The zero-order chi connectivity index (χ0) is 23.8. The van der Waals surface area contributed by atoms with Crippen molar-refractivity contribution in [3.63, 3.8) is 0 Å². The fourth-order valence-electron chi connectivity index (χ4n) is 4.42. The third kappa shape index (κ3) is 5.56. The molecular formula is C28H30N4O2. The Balaban J connectivity index is 1.54. The summed E-state index contributed by atoms with van der Waals surface area (Å²) in [5.74, 6) is 0.609. The normalized spacial score (nSPS) is 15.1. The van der Waals surface area contributed by atoms with Gasteiger partial charge in [-0.3, -0.25) is 9.69 Å². The van der Waals surface area contributed by atoms with Gasteiger partial charge in [0, 0.05) is 31.9 Å². The van der Waals surface area contributed by atoms with Crippen molar-refractivity contribution in [2.24, 2.45) is 0 Å². The Morgan fingerprint density at radius 3 is 2.44 bits per heavy atom. The number of para-hydroxylation sites is 2. The smallest absolute Gasteiger partial charge is 0.246 e. The summed E-state index contributed by atoms with van der Waals surface area (Å²) >= 11 is 0. The highest BCUT2D eigenvalue weighted by Gasteiger charge is 2.30. The lowest BCUT2D eigenvalue weighted by Crippen LogP contribution is -2.39. The van der Waals surface area contributed by atoms with Gasteiger partial charge in [-0.05, 0) is 55.3 Å². The highest BCUT2D eigenvalue weighted by Crippen LogP contribution is 2.29. The SMILES string of the molecule is CCOc1ccccc1NC(=O)C(c1ccccc1)N1CCCN(c2ccc(C#N)cc2)CC1. The van der Waals surface area contributed by atoms with Crippen LogP contribution in [0.3, 0.4) is 0 Å². The van der Waals surface area contributed by atoms with E-state index in [-0.39, 0.29) is 5.91 Å². The predicted molar refractivity (Wildman–Crippen MR) is 135 cm³/mol. The van der Waals surface area contributed by atoms with Crippen LogP contribution in [0.15, 0.2) is 78.9 Å². The number of nitriles is 1. The molecule has 3 aromatic rings. The van der Waals surface area contributed by atoms with E-state index in [1.807, 2.05) is 85.8 Å². The van der Waals surface area contributed by atoms with Gasteiger partial charge in [-0.1, -0.05) is 42.5 Å². The third-order valence-corrected chi connectivity index (χ3v) is 6.07. The average Bonchev–Trinajstić information content (AvgIpc) is 3.12. The summed E-state index contributed by atoms with van der Waals surface area (Å²) in [4.78, 5) is 18.2. The molecule has 0 aliphatic carbocycles. The van der Waals surface area contributed by atoms with Crippen molar-refractivity contribution in [1.29, 1.82) is 5.26 Å². The number of nitrogens with one attached hydrogen (secondary N) is 1. The minimum absolute atomic E-state index is 0.0647. The first-order chi connectivity index (χ1) is 16.7. The molecule has 174 valence electrons. The molecule has 3 aromatic carbocycles. The Morgan fingerprint density at radius 2 is 1.71 bits per heavy atom. The van der Waals surface area contributed by atoms with Crippen molar-refractivity contribution in [1.82, 2.24) is 4.90 Å². The minimum Gasteiger partial charge on any atom is -0.492 e. The molecule has 1 aliphatic heterocycles. The number of rotatable bonds is 7. The third-order valence-electron chi connectivity index (χ3n) is 6.07. The Kier molecular flexibility index (Phi) is 7.79. The van der Waals surface area contributed by atoms with Crippen LogP contribution in [0.25, 0.3) is 0 Å². The number of benzene rings is 3. The van der Waals surface area contributed by atoms with Crippen LogP contribution in [0, 0.1) is 11.3 Å². The van der Waals surface area contributed by atoms with Gasteiger partial charge in [0.15, 0.2) is 0 Å². The zero-order valence-corrected chi connectivity index (χ0v) is 19.5. The fraction of sp³-hybridized carbons (Fsp3) is 0.286. The molecule has 0 saturated carbocycles. The quantitative estimate of drug-likeness (QED) is 0.553. The topological polar surface area (TPSA) is 68.6 Å². The van der Waals surface area contributed by atoms with Crippen LogP contribution in [0.1, 0.15) is 30.5 Å². The Morgan fingerprint density at radius 1 is 0.971 bits per heavy atom. The summed E-state index contributed by atoms with van der Waals surface area (Å²) in [5, 5.41) is 12.2. The van der Waals surface area contributed by atoms with E-state index in [0.717, 1.165) is 43.9 Å². The standard InChI is InChI=1S/C28H30N4O2/c1-2-34-26-12-7-6-11-25(26)30-28(33)27(23-9-4-3-5-10-23)32-18-8-17-31(19-20-32)24-15-13-22(21-29)14-16-24/h3-7,9-16,27H,2,8,17-20H2,1H3,(H,30,33). The molecule has 4 rings (SSSR count). The Labute approximate surface area is 201 Å². The number of ether oxygens (including phenoxy) is 1. The first kappa shape index (κ1) is 23.3. The summed E-state index contributed by atoms with van der Waals surface area (Å²) in [6.07, 6.45) is 0.937. The maximum atomic E-state index is 13.7. The lowest BCUT2D eigenvalue weighted by Gasteiger charge is -2.30. The lowest BCUT2D eigenvalue weighted by molar-refractivity contribution is -0.121. The van der Waals surface area contributed by atoms with E-state index in [0.29, 0.717) is 23.6 Å². The molecule has 1 amide bonds. The molecule has 6 heteroatoms. The number of carbonyl (C=O) groups excluding carboxylic acids is 1. The molecule has 1 unspecified atom stereocenters. The van der Waals surface area contributed by atoms with Crippen LogP contribution in [-0.4, -0.2) is 43.6 Å². The number of carbonyl (C=O) groups is 1. The predicted octanol–water partition coefficient (Wildman–Crippen LogP) is 4.85. The molecule has 1 aliphatic rings. The molecule has 0 spiro atoms. The number of amides is 1. The molecule has 1 heterocycles. The van der Waals surface area contributed by atoms with Crippen LogP contribution in [0.2, 0.25) is 0 Å². The lowest BCUT2D eigenvalue weighted by atomic mass is 10.0. The van der Waals surface area contributed by atoms with Gasteiger partial charge in [-0.2, -0.15) is 5.26 Å². The van der Waals surface area contributed by atoms with Crippen molar-refractivity contribution in [3.05, 3.63) is 90.0 Å². The molecule has 1 atom stereocenters. The highest BCUT2D eigenvalue weighted by atomic mass is 16.5. The largest absolute Gasteiger partial charge is 0.492 e. The minimum atomic E-state index is -0.406. The summed E-state index contributed by atoms with van der Waals surface area (Å²) in [7, 11) is 0. The van der Waals surface area contributed by atoms with E-state index in [4.69, 9.17) is 10.00 Å². The second-order valence-corrected chi connectivity index (χ2v) is 8.27. The average molecular weight is 455 g/mol. The van der Waals surface area contributed by atoms with Gasteiger partial charge >= 0.3 is 0 Å². The summed E-state index contributed by atoms with van der Waals surface area (Å²) in [5.41, 5.74) is 3.42. The van der Waals surface area contributed by atoms with Crippen LogP contribution >= 0.6 is 0 Å². The first-order valence-corrected chi connectivity index (χ1v) is 11.8. The molecular weight excluding hydrogens is 424 g/mol. The van der Waals surface area contributed by atoms with Crippen LogP contribution in [0.5, 0.6) is 5.75 Å². The Bertz CT molecular complexity index is 1130. The van der Waals surface area contributed by atoms with Crippen molar-refractivity contribution in [2.75, 3.05) is 43.0 Å². The number of anilines is 2. The number of hydrogen-bond donors (Lipinski definition) is 1. The van der Waals surface area contributed by atoms with Gasteiger partial charge in [0.1, 0.15) is 11.8 Å². The van der Waals surface area contributed by atoms with Gasteiger partial charge < -0.3 is 15.0 Å². The molecule has 1 fully saturated rings. The van der Waals surface area contributed by atoms with Gasteiger partial charge in [-0.15, -0.1) is 0 Å². The molecule has 1 saturated heterocycles. The second-order valence-electron chi connectivity index (χ2n) is 8.27. The fourth-order valence-corrected chi connectivity index (χ4v) is 4.42. The maximum absolute atomic E-state index is 13.7. The van der Waals surface area contributed by atoms with E-state index in [1.54, 1.807) is 0 Å². The van der Waals surface area contributed by atoms with Gasteiger partial charge in [0.25, 0.3) is 0 Å². The van der Waals surface area contributed by atoms with E-state index >= 15 is 0 Å². The van der Waals surface area contributed by atoms with Crippen LogP contribution in [0.4, 0.5) is 11.4 Å². The molecule has 0 bridgehead atoms. The van der Waals surface area contributed by atoms with Crippen molar-refractivity contribution in [3.8, 4) is 11.8 Å². The van der Waals surface area contributed by atoms with E-state index in [2.05, 4.69) is 21.2 Å². The van der Waals surface area contributed by atoms with E-state index < -0.39 is 6.04 Å². The number of hydrogen-bond acceptors (Lipinski definition) is 5. The monoisotopic (exact) mass is 454 g/mol. The van der Waals surface area contributed by atoms with E-state index in [1.165, 1.54) is 0 Å². The van der Waals surface area contributed by atoms with Gasteiger partial charge in [0.2, 0.25) is 5.91 Å². The van der Waals surface area contributed by atoms with Crippen molar-refractivity contribution < 1.29 is 9.53 Å². The molecule has 1 N–H and O–H groups in total. The molecule has 0 aromatic heterocycles. The van der Waals surface area contributed by atoms with E-state index in [9.17, 15) is 4.79 Å². The zero-order valence-electron chi connectivity index (χ0n) is 19.5. The Hall–Kier alpha value is -3.82. The van der Waals surface area contributed by atoms with Gasteiger partial charge in [-0.25, -0.2) is 0 Å². The first-order valence-electron chi connectivity index (χ1n) is 11.8. The van der Waals surface area contributed by atoms with Crippen molar-refractivity contribution >= 4 is 17.3 Å². The van der Waals surface area contributed by atoms with Crippen LogP contribution < -0.4 is 15.0 Å². The molecule has 0 radical (unpaired) electrons.